The van der Waals surface area contributed by atoms with Gasteiger partial charge in [-0.3, -0.25) is 4.79 Å². The Hall–Kier alpha value is -2.33. The van der Waals surface area contributed by atoms with Crippen LogP contribution >= 0.6 is 0 Å². The number of ether oxygens (including phenoxy) is 3. The van der Waals surface area contributed by atoms with Gasteiger partial charge in [0.25, 0.3) is 0 Å². The zero-order chi connectivity index (χ0) is 16.1. The van der Waals surface area contributed by atoms with Crippen LogP contribution in [0.5, 0.6) is 5.75 Å². The topological polar surface area (TPSA) is 44.8 Å². The van der Waals surface area contributed by atoms with Gasteiger partial charge in [-0.05, 0) is 24.1 Å². The Labute approximate surface area is 136 Å². The molecule has 23 heavy (non-hydrogen) atoms. The third-order valence-electron chi connectivity index (χ3n) is 4.03. The normalized spacial score (nSPS) is 23.4. The molecule has 0 spiro atoms. The van der Waals surface area contributed by atoms with Crippen LogP contribution in [-0.4, -0.2) is 25.8 Å². The van der Waals surface area contributed by atoms with Crippen molar-refractivity contribution in [1.82, 2.24) is 0 Å². The first-order valence-corrected chi connectivity index (χ1v) is 7.74. The molecule has 0 aliphatic carbocycles. The van der Waals surface area contributed by atoms with Crippen LogP contribution in [0, 0.1) is 5.92 Å². The number of carbonyl (C=O) groups is 1. The Morgan fingerprint density at radius 1 is 1.09 bits per heavy atom. The number of methoxy groups -OCH3 is 1. The van der Waals surface area contributed by atoms with Crippen LogP contribution in [0.2, 0.25) is 0 Å². The van der Waals surface area contributed by atoms with E-state index < -0.39 is 0 Å². The quantitative estimate of drug-likeness (QED) is 0.794. The van der Waals surface area contributed by atoms with E-state index in [9.17, 15) is 4.79 Å². The summed E-state index contributed by atoms with van der Waals surface area (Å²) in [6, 6.07) is 19.4. The van der Waals surface area contributed by atoms with E-state index in [1.165, 1.54) is 7.11 Å². The maximum atomic E-state index is 12.1. The lowest BCUT2D eigenvalue weighted by molar-refractivity contribution is -0.147. The van der Waals surface area contributed by atoms with Crippen molar-refractivity contribution < 1.29 is 19.0 Å². The molecule has 120 valence electrons. The third-order valence-corrected chi connectivity index (χ3v) is 4.03. The zero-order valence-electron chi connectivity index (χ0n) is 13.1. The highest BCUT2D eigenvalue weighted by Gasteiger charge is 2.41. The predicted molar refractivity (Wildman–Crippen MR) is 86.1 cm³/mol. The van der Waals surface area contributed by atoms with Gasteiger partial charge < -0.3 is 14.2 Å². The van der Waals surface area contributed by atoms with Gasteiger partial charge in [0.15, 0.2) is 0 Å². The fourth-order valence-electron chi connectivity index (χ4n) is 2.90. The number of benzene rings is 2. The minimum Gasteiger partial charge on any atom is -0.491 e. The van der Waals surface area contributed by atoms with Crippen LogP contribution in [0.15, 0.2) is 60.7 Å². The van der Waals surface area contributed by atoms with Crippen LogP contribution in [0.3, 0.4) is 0 Å². The Morgan fingerprint density at radius 3 is 2.39 bits per heavy atom. The van der Waals surface area contributed by atoms with Crippen LogP contribution < -0.4 is 4.74 Å². The molecule has 2 aromatic rings. The highest BCUT2D eigenvalue weighted by Crippen LogP contribution is 2.39. The molecule has 1 aliphatic rings. The van der Waals surface area contributed by atoms with Crippen molar-refractivity contribution in [2.45, 2.75) is 18.6 Å². The molecule has 0 unspecified atom stereocenters. The lowest BCUT2D eigenvalue weighted by Gasteiger charge is -2.17. The summed E-state index contributed by atoms with van der Waals surface area (Å²) in [4.78, 5) is 12.1. The highest BCUT2D eigenvalue weighted by atomic mass is 16.6. The molecule has 1 saturated heterocycles. The van der Waals surface area contributed by atoms with Gasteiger partial charge in [0.1, 0.15) is 12.4 Å². The smallest absolute Gasteiger partial charge is 0.311 e. The number of hydrogen-bond donors (Lipinski definition) is 0. The first-order chi connectivity index (χ1) is 11.3. The van der Waals surface area contributed by atoms with E-state index in [0.29, 0.717) is 13.0 Å². The summed E-state index contributed by atoms with van der Waals surface area (Å²) >= 11 is 0. The lowest BCUT2D eigenvalue weighted by atomic mass is 9.94. The Kier molecular flexibility index (Phi) is 4.93. The second-order valence-electron chi connectivity index (χ2n) is 5.58. The number of rotatable bonds is 5. The highest BCUT2D eigenvalue weighted by molar-refractivity contribution is 5.73. The van der Waals surface area contributed by atoms with Gasteiger partial charge in [-0.15, -0.1) is 0 Å². The average molecular weight is 312 g/mol. The van der Waals surface area contributed by atoms with Crippen LogP contribution in [0.25, 0.3) is 0 Å². The fraction of sp³-hybridized carbons (Fsp3) is 0.316. The molecule has 1 heterocycles. The summed E-state index contributed by atoms with van der Waals surface area (Å²) in [6.45, 7) is 0.418. The van der Waals surface area contributed by atoms with Crippen LogP contribution in [0.1, 0.15) is 18.1 Å². The third kappa shape index (κ3) is 3.71. The molecule has 4 heteroatoms. The van der Waals surface area contributed by atoms with Gasteiger partial charge in [-0.25, -0.2) is 0 Å². The van der Waals surface area contributed by atoms with Crippen LogP contribution in [-0.2, 0) is 14.3 Å². The van der Waals surface area contributed by atoms with Crippen molar-refractivity contribution in [3.63, 3.8) is 0 Å². The second kappa shape index (κ2) is 7.29. The maximum absolute atomic E-state index is 12.1. The lowest BCUT2D eigenvalue weighted by Crippen LogP contribution is -2.20. The minimum absolute atomic E-state index is 0.135. The monoisotopic (exact) mass is 312 g/mol. The molecule has 0 bridgehead atoms. The Morgan fingerprint density at radius 2 is 1.74 bits per heavy atom. The van der Waals surface area contributed by atoms with Gasteiger partial charge in [0.05, 0.1) is 25.2 Å². The molecule has 0 amide bonds. The maximum Gasteiger partial charge on any atom is 0.311 e. The fourth-order valence-corrected chi connectivity index (χ4v) is 2.90. The van der Waals surface area contributed by atoms with Crippen LogP contribution in [0.4, 0.5) is 0 Å². The molecule has 0 aromatic heterocycles. The molecule has 1 aliphatic heterocycles. The summed E-state index contributed by atoms with van der Waals surface area (Å²) in [5.41, 5.74) is 0.991. The van der Waals surface area contributed by atoms with Gasteiger partial charge in [0, 0.05) is 0 Å². The SMILES string of the molecule is COC(=O)[C@H]1C[C@@H](COc2ccccc2)O[C@H]1c1ccccc1. The Balaban J connectivity index is 1.69. The summed E-state index contributed by atoms with van der Waals surface area (Å²) in [5.74, 6) is 0.265. The van der Waals surface area contributed by atoms with E-state index in [1.54, 1.807) is 0 Å². The summed E-state index contributed by atoms with van der Waals surface area (Å²) in [5, 5.41) is 0. The molecule has 0 radical (unpaired) electrons. The zero-order valence-corrected chi connectivity index (χ0v) is 13.1. The molecular formula is C19H20O4. The number of hydrogen-bond acceptors (Lipinski definition) is 4. The number of esters is 1. The van der Waals surface area contributed by atoms with Gasteiger partial charge in [-0.1, -0.05) is 48.5 Å². The van der Waals surface area contributed by atoms with Gasteiger partial charge >= 0.3 is 5.97 Å². The largest absolute Gasteiger partial charge is 0.491 e. The average Bonchev–Trinajstić information content (AvgIpc) is 3.05. The number of carbonyl (C=O) groups excluding carboxylic acids is 1. The summed E-state index contributed by atoms with van der Waals surface area (Å²) in [7, 11) is 1.41. The molecule has 3 rings (SSSR count). The van der Waals surface area contributed by atoms with Gasteiger partial charge in [-0.2, -0.15) is 0 Å². The van der Waals surface area contributed by atoms with Crippen molar-refractivity contribution in [3.8, 4) is 5.75 Å². The van der Waals surface area contributed by atoms with Crippen molar-refractivity contribution in [3.05, 3.63) is 66.2 Å². The first kappa shape index (κ1) is 15.6. The standard InChI is InChI=1S/C19H20O4/c1-21-19(20)17-12-16(13-22-15-10-6-3-7-11-15)23-18(17)14-8-4-2-5-9-14/h2-11,16-18H,12-13H2,1H3/t16-,17-,18-/m0/s1. The van der Waals surface area contributed by atoms with E-state index in [0.717, 1.165) is 11.3 Å². The van der Waals surface area contributed by atoms with Crippen molar-refractivity contribution in [2.24, 2.45) is 5.92 Å². The van der Waals surface area contributed by atoms with E-state index in [4.69, 9.17) is 14.2 Å². The van der Waals surface area contributed by atoms with E-state index in [-0.39, 0.29) is 24.1 Å². The molecular weight excluding hydrogens is 292 g/mol. The van der Waals surface area contributed by atoms with E-state index in [1.807, 2.05) is 60.7 Å². The molecule has 0 saturated carbocycles. The molecule has 3 atom stereocenters. The molecule has 2 aromatic carbocycles. The van der Waals surface area contributed by atoms with E-state index >= 15 is 0 Å². The van der Waals surface area contributed by atoms with E-state index in [2.05, 4.69) is 0 Å². The predicted octanol–water partition coefficient (Wildman–Crippen LogP) is 3.38. The summed E-state index contributed by atoms with van der Waals surface area (Å²) < 4.78 is 16.8. The minimum atomic E-state index is -0.299. The van der Waals surface area contributed by atoms with Crippen molar-refractivity contribution in [1.29, 1.82) is 0 Å². The molecule has 0 N–H and O–H groups in total. The Bertz CT molecular complexity index is 626. The first-order valence-electron chi connectivity index (χ1n) is 7.74. The van der Waals surface area contributed by atoms with Crippen molar-refractivity contribution >= 4 is 5.97 Å². The van der Waals surface area contributed by atoms with Crippen molar-refractivity contribution in [2.75, 3.05) is 13.7 Å². The molecule has 4 nitrogen and oxygen atoms in total. The number of para-hydroxylation sites is 1. The van der Waals surface area contributed by atoms with Gasteiger partial charge in [0.2, 0.25) is 0 Å². The summed E-state index contributed by atoms with van der Waals surface area (Å²) in [6.07, 6.45) is 0.177. The molecule has 1 fully saturated rings. The second-order valence-corrected chi connectivity index (χ2v) is 5.58.